The minimum Gasteiger partial charge on any atom is -0.496 e. The third-order valence-corrected chi connectivity index (χ3v) is 7.06. The van der Waals surface area contributed by atoms with Crippen molar-refractivity contribution < 1.29 is 22.4 Å². The molecular formula is C22H23N3O5S. The molecule has 1 aliphatic heterocycles. The van der Waals surface area contributed by atoms with Gasteiger partial charge in [-0.1, -0.05) is 30.3 Å². The van der Waals surface area contributed by atoms with Crippen molar-refractivity contribution in [1.82, 2.24) is 14.6 Å². The Morgan fingerprint density at radius 3 is 2.71 bits per heavy atom. The highest BCUT2D eigenvalue weighted by molar-refractivity contribution is 7.89. The van der Waals surface area contributed by atoms with E-state index in [0.29, 0.717) is 30.2 Å². The molecule has 1 aliphatic rings. The lowest BCUT2D eigenvalue weighted by molar-refractivity contribution is 0.0960. The summed E-state index contributed by atoms with van der Waals surface area (Å²) in [4.78, 5) is 16.7. The summed E-state index contributed by atoms with van der Waals surface area (Å²) in [6, 6.07) is 14.1. The average molecular weight is 442 g/mol. The van der Waals surface area contributed by atoms with Gasteiger partial charge in [-0.05, 0) is 23.8 Å². The Kier molecular flexibility index (Phi) is 5.79. The zero-order valence-corrected chi connectivity index (χ0v) is 18.1. The molecule has 0 atom stereocenters. The van der Waals surface area contributed by atoms with Gasteiger partial charge in [-0.2, -0.15) is 4.31 Å². The van der Waals surface area contributed by atoms with Crippen molar-refractivity contribution in [3.8, 4) is 5.75 Å². The Hall–Kier alpha value is -3.17. The van der Waals surface area contributed by atoms with Gasteiger partial charge in [-0.15, -0.1) is 0 Å². The summed E-state index contributed by atoms with van der Waals surface area (Å²) in [7, 11) is -0.918. The maximum absolute atomic E-state index is 13.3. The van der Waals surface area contributed by atoms with E-state index in [1.54, 1.807) is 0 Å². The van der Waals surface area contributed by atoms with E-state index >= 15 is 0 Å². The lowest BCUT2D eigenvalue weighted by atomic mass is 10.1. The minimum atomic E-state index is -3.83. The molecule has 0 spiro atoms. The molecule has 9 heteroatoms. The minimum absolute atomic E-state index is 0.0309. The number of nitrogens with zero attached hydrogens (tertiary/aromatic N) is 2. The first-order valence-corrected chi connectivity index (χ1v) is 11.3. The first-order chi connectivity index (χ1) is 14.9. The van der Waals surface area contributed by atoms with Crippen molar-refractivity contribution in [2.75, 3.05) is 20.7 Å². The fourth-order valence-electron chi connectivity index (χ4n) is 3.59. The Labute approximate surface area is 180 Å². The van der Waals surface area contributed by atoms with Crippen LogP contribution >= 0.6 is 0 Å². The predicted octanol–water partition coefficient (Wildman–Crippen LogP) is 2.38. The number of hydrogen-bond donors (Lipinski definition) is 1. The Balaban J connectivity index is 1.58. The summed E-state index contributed by atoms with van der Waals surface area (Å²) < 4.78 is 38.9. The number of aromatic nitrogens is 1. The van der Waals surface area contributed by atoms with Crippen LogP contribution in [0.15, 0.2) is 57.8 Å². The highest BCUT2D eigenvalue weighted by Gasteiger charge is 2.32. The summed E-state index contributed by atoms with van der Waals surface area (Å²) in [6.45, 7) is 0.397. The van der Waals surface area contributed by atoms with Gasteiger partial charge in [0.25, 0.3) is 5.91 Å². The van der Waals surface area contributed by atoms with E-state index in [4.69, 9.17) is 9.15 Å². The van der Waals surface area contributed by atoms with Gasteiger partial charge in [0, 0.05) is 26.4 Å². The van der Waals surface area contributed by atoms with Crippen LogP contribution in [0.2, 0.25) is 0 Å². The van der Waals surface area contributed by atoms with Crippen LogP contribution in [-0.2, 0) is 29.4 Å². The number of carbonyl (C=O) groups excluding carboxylic acids is 1. The van der Waals surface area contributed by atoms with Crippen LogP contribution in [0.25, 0.3) is 0 Å². The van der Waals surface area contributed by atoms with Gasteiger partial charge in [0.05, 0.1) is 29.8 Å². The lowest BCUT2D eigenvalue weighted by Gasteiger charge is -2.25. The van der Waals surface area contributed by atoms with E-state index in [-0.39, 0.29) is 23.5 Å². The third kappa shape index (κ3) is 4.19. The molecule has 1 aromatic heterocycles. The van der Waals surface area contributed by atoms with Gasteiger partial charge in [0.15, 0.2) is 5.89 Å². The molecule has 0 fully saturated rings. The molecule has 31 heavy (non-hydrogen) atoms. The smallest absolute Gasteiger partial charge is 0.254 e. The first kappa shape index (κ1) is 21.1. The number of rotatable bonds is 6. The molecule has 0 aliphatic carbocycles. The van der Waals surface area contributed by atoms with Crippen molar-refractivity contribution in [1.29, 1.82) is 0 Å². The van der Waals surface area contributed by atoms with Crippen molar-refractivity contribution in [3.63, 3.8) is 0 Å². The third-order valence-electron chi connectivity index (χ3n) is 5.22. The van der Waals surface area contributed by atoms with E-state index < -0.39 is 15.9 Å². The fourth-order valence-corrected chi connectivity index (χ4v) is 5.02. The zero-order valence-electron chi connectivity index (χ0n) is 17.3. The molecule has 8 nitrogen and oxygen atoms in total. The van der Waals surface area contributed by atoms with Crippen molar-refractivity contribution in [2.24, 2.45) is 0 Å². The molecular weight excluding hydrogens is 418 g/mol. The first-order valence-electron chi connectivity index (χ1n) is 9.84. The number of nitrogens with one attached hydrogen (secondary N) is 1. The number of sulfonamides is 1. The lowest BCUT2D eigenvalue weighted by Crippen LogP contribution is -2.36. The van der Waals surface area contributed by atoms with Crippen LogP contribution in [0.4, 0.5) is 0 Å². The number of carbonyl (C=O) groups is 1. The van der Waals surface area contributed by atoms with E-state index in [2.05, 4.69) is 10.3 Å². The van der Waals surface area contributed by atoms with Crippen LogP contribution in [-0.4, -0.2) is 44.3 Å². The SMILES string of the molecule is CNC(=O)c1cc(S(=O)(=O)N2CCc3oc(Cc4ccccc4)nc3C2)ccc1OC. The monoisotopic (exact) mass is 441 g/mol. The molecule has 0 saturated heterocycles. The van der Waals surface area contributed by atoms with Gasteiger partial charge in [-0.3, -0.25) is 4.79 Å². The maximum atomic E-state index is 13.3. The molecule has 2 heterocycles. The summed E-state index contributed by atoms with van der Waals surface area (Å²) in [5, 5.41) is 2.50. The average Bonchev–Trinajstić information content (AvgIpc) is 3.20. The van der Waals surface area contributed by atoms with Gasteiger partial charge < -0.3 is 14.5 Å². The van der Waals surface area contributed by atoms with Crippen LogP contribution < -0.4 is 10.1 Å². The molecule has 1 N–H and O–H groups in total. The Morgan fingerprint density at radius 1 is 1.23 bits per heavy atom. The number of ether oxygens (including phenoxy) is 1. The second-order valence-electron chi connectivity index (χ2n) is 7.17. The van der Waals surface area contributed by atoms with Gasteiger partial charge in [-0.25, -0.2) is 13.4 Å². The zero-order chi connectivity index (χ0) is 22.0. The van der Waals surface area contributed by atoms with Crippen LogP contribution in [0.1, 0.15) is 33.3 Å². The molecule has 162 valence electrons. The second-order valence-corrected chi connectivity index (χ2v) is 9.11. The van der Waals surface area contributed by atoms with E-state index in [0.717, 1.165) is 11.3 Å². The van der Waals surface area contributed by atoms with Crippen molar-refractivity contribution in [3.05, 3.63) is 77.0 Å². The number of benzene rings is 2. The van der Waals surface area contributed by atoms with Crippen LogP contribution in [0.5, 0.6) is 5.75 Å². The number of methoxy groups -OCH3 is 1. The quantitative estimate of drug-likeness (QED) is 0.630. The molecule has 0 bridgehead atoms. The Morgan fingerprint density at radius 2 is 2.00 bits per heavy atom. The largest absolute Gasteiger partial charge is 0.496 e. The number of fused-ring (bicyclic) bond motifs is 1. The molecule has 1 amide bonds. The standard InChI is InChI=1S/C22H23N3O5S/c1-23-22(26)17-13-16(8-9-19(17)29-2)31(27,28)25-11-10-20-18(14-25)24-21(30-20)12-15-6-4-3-5-7-15/h3-9,13H,10-12,14H2,1-2H3,(H,23,26). The summed E-state index contributed by atoms with van der Waals surface area (Å²) in [5.74, 6) is 1.18. The number of amides is 1. The molecule has 0 unspecified atom stereocenters. The molecule has 4 rings (SSSR count). The van der Waals surface area contributed by atoms with Gasteiger partial charge in [0.2, 0.25) is 10.0 Å². The van der Waals surface area contributed by atoms with Gasteiger partial charge >= 0.3 is 0 Å². The van der Waals surface area contributed by atoms with Crippen LogP contribution in [0, 0.1) is 0 Å². The highest BCUT2D eigenvalue weighted by atomic mass is 32.2. The van der Waals surface area contributed by atoms with Gasteiger partial charge in [0.1, 0.15) is 11.5 Å². The van der Waals surface area contributed by atoms with Crippen molar-refractivity contribution >= 4 is 15.9 Å². The molecule has 0 radical (unpaired) electrons. The topological polar surface area (TPSA) is 102 Å². The maximum Gasteiger partial charge on any atom is 0.254 e. The summed E-state index contributed by atoms with van der Waals surface area (Å²) in [5.41, 5.74) is 1.86. The van der Waals surface area contributed by atoms with Crippen LogP contribution in [0.3, 0.4) is 0 Å². The molecule has 0 saturated carbocycles. The summed E-state index contributed by atoms with van der Waals surface area (Å²) in [6.07, 6.45) is 0.989. The molecule has 3 aromatic rings. The molecule has 2 aromatic carbocycles. The predicted molar refractivity (Wildman–Crippen MR) is 113 cm³/mol. The number of hydrogen-bond acceptors (Lipinski definition) is 6. The van der Waals surface area contributed by atoms with Crippen molar-refractivity contribution in [2.45, 2.75) is 24.3 Å². The Bertz CT molecular complexity index is 1210. The highest BCUT2D eigenvalue weighted by Crippen LogP contribution is 2.29. The second kappa shape index (κ2) is 8.52. The fraction of sp³-hybridized carbons (Fsp3) is 0.273. The summed E-state index contributed by atoms with van der Waals surface area (Å²) >= 11 is 0. The van der Waals surface area contributed by atoms with E-state index in [1.807, 2.05) is 30.3 Å². The normalized spacial score (nSPS) is 14.1. The number of oxazole rings is 1. The van der Waals surface area contributed by atoms with E-state index in [1.165, 1.54) is 36.7 Å². The van der Waals surface area contributed by atoms with E-state index in [9.17, 15) is 13.2 Å².